The van der Waals surface area contributed by atoms with E-state index in [1.165, 1.54) is 6.07 Å². The van der Waals surface area contributed by atoms with Crippen LogP contribution in [0.4, 0.5) is 0 Å². The summed E-state index contributed by atoms with van der Waals surface area (Å²) in [4.78, 5) is 0.209. The molecule has 0 amide bonds. The van der Waals surface area contributed by atoms with Crippen molar-refractivity contribution in [3.05, 3.63) is 46.2 Å². The minimum atomic E-state index is -3.59. The average molecular weight is 356 g/mol. The largest absolute Gasteiger partial charge is 0.376 e. The van der Waals surface area contributed by atoms with E-state index < -0.39 is 10.0 Å². The van der Waals surface area contributed by atoms with Gasteiger partial charge in [0.1, 0.15) is 0 Å². The quantitative estimate of drug-likeness (QED) is 0.889. The van der Waals surface area contributed by atoms with Crippen LogP contribution < -0.4 is 4.72 Å². The van der Waals surface area contributed by atoms with Gasteiger partial charge in [-0.2, -0.15) is 5.10 Å². The van der Waals surface area contributed by atoms with Gasteiger partial charge in [0.2, 0.25) is 10.0 Å². The highest BCUT2D eigenvalue weighted by atomic mass is 35.5. The highest BCUT2D eigenvalue weighted by Gasteiger charge is 2.18. The monoisotopic (exact) mass is 355 g/mol. The Balaban J connectivity index is 1.68. The molecule has 1 aliphatic heterocycles. The van der Waals surface area contributed by atoms with Gasteiger partial charge in [0.15, 0.2) is 0 Å². The van der Waals surface area contributed by atoms with Crippen molar-refractivity contribution >= 4 is 21.6 Å². The summed E-state index contributed by atoms with van der Waals surface area (Å²) < 4.78 is 34.6. The van der Waals surface area contributed by atoms with Crippen LogP contribution in [0.1, 0.15) is 16.8 Å². The fraction of sp³-hybridized carbons (Fsp3) is 0.400. The van der Waals surface area contributed by atoms with E-state index in [1.54, 1.807) is 25.3 Å². The predicted molar refractivity (Wildman–Crippen MR) is 87.0 cm³/mol. The van der Waals surface area contributed by atoms with E-state index in [4.69, 9.17) is 16.3 Å². The first-order valence-electron chi connectivity index (χ1n) is 7.34. The van der Waals surface area contributed by atoms with Crippen LogP contribution in [0, 0.1) is 6.92 Å². The number of rotatable bonds is 5. The lowest BCUT2D eigenvalue weighted by molar-refractivity contribution is 0.109. The van der Waals surface area contributed by atoms with E-state index in [2.05, 4.69) is 9.82 Å². The average Bonchev–Trinajstić information content (AvgIpc) is 2.93. The molecule has 0 saturated heterocycles. The van der Waals surface area contributed by atoms with Crippen molar-refractivity contribution in [3.63, 3.8) is 0 Å². The summed E-state index contributed by atoms with van der Waals surface area (Å²) >= 11 is 5.90. The van der Waals surface area contributed by atoms with E-state index in [1.807, 2.05) is 4.68 Å². The molecule has 0 radical (unpaired) electrons. The minimum Gasteiger partial charge on any atom is -0.376 e. The number of fused-ring (bicyclic) bond motifs is 1. The molecule has 8 heteroatoms. The topological polar surface area (TPSA) is 73.2 Å². The molecule has 2 heterocycles. The molecule has 124 valence electrons. The number of benzene rings is 1. The molecule has 6 nitrogen and oxygen atoms in total. The zero-order valence-corrected chi connectivity index (χ0v) is 14.3. The maximum atomic E-state index is 12.4. The molecule has 0 fully saturated rings. The van der Waals surface area contributed by atoms with Crippen molar-refractivity contribution in [2.45, 2.75) is 31.4 Å². The van der Waals surface area contributed by atoms with Gasteiger partial charge in [-0.1, -0.05) is 17.7 Å². The molecule has 1 aromatic carbocycles. The fourth-order valence-corrected chi connectivity index (χ4v) is 4.16. The van der Waals surface area contributed by atoms with E-state index >= 15 is 0 Å². The van der Waals surface area contributed by atoms with Crippen LogP contribution in [0.15, 0.2) is 29.3 Å². The number of aryl methyl sites for hydroxylation is 1. The molecular formula is C15H18ClN3O3S. The Labute approximate surface area is 140 Å². The van der Waals surface area contributed by atoms with Crippen LogP contribution in [0.2, 0.25) is 5.02 Å². The van der Waals surface area contributed by atoms with Crippen LogP contribution in [-0.2, 0) is 34.3 Å². The van der Waals surface area contributed by atoms with Crippen LogP contribution in [0.5, 0.6) is 0 Å². The second-order valence-electron chi connectivity index (χ2n) is 5.45. The Bertz CT molecular complexity index is 817. The van der Waals surface area contributed by atoms with E-state index in [0.717, 1.165) is 17.7 Å². The molecule has 2 aromatic rings. The van der Waals surface area contributed by atoms with Gasteiger partial charge in [-0.15, -0.1) is 0 Å². The lowest BCUT2D eigenvalue weighted by Gasteiger charge is -2.15. The van der Waals surface area contributed by atoms with Crippen molar-refractivity contribution in [1.82, 2.24) is 14.5 Å². The second-order valence-corrected chi connectivity index (χ2v) is 7.62. The summed E-state index contributed by atoms with van der Waals surface area (Å²) in [5.41, 5.74) is 2.86. The number of nitrogens with one attached hydrogen (secondary N) is 1. The van der Waals surface area contributed by atoms with Crippen molar-refractivity contribution in [2.24, 2.45) is 0 Å². The molecule has 1 N–H and O–H groups in total. The third kappa shape index (κ3) is 3.58. The number of hydrogen-bond acceptors (Lipinski definition) is 4. The molecule has 0 atom stereocenters. The molecule has 1 aromatic heterocycles. The normalized spacial score (nSPS) is 14.7. The first kappa shape index (κ1) is 16.4. The molecule has 0 saturated carbocycles. The van der Waals surface area contributed by atoms with Crippen LogP contribution in [-0.4, -0.2) is 31.3 Å². The Hall–Kier alpha value is -1.41. The molecule has 1 aliphatic rings. The van der Waals surface area contributed by atoms with Gasteiger partial charge < -0.3 is 4.74 Å². The highest BCUT2D eigenvalue weighted by molar-refractivity contribution is 7.89. The lowest BCUT2D eigenvalue weighted by atomic mass is 10.2. The van der Waals surface area contributed by atoms with E-state index in [9.17, 15) is 8.42 Å². The minimum absolute atomic E-state index is 0.209. The highest BCUT2D eigenvalue weighted by Crippen LogP contribution is 2.20. The van der Waals surface area contributed by atoms with Gasteiger partial charge in [0.25, 0.3) is 0 Å². The van der Waals surface area contributed by atoms with Crippen LogP contribution >= 0.6 is 11.6 Å². The maximum Gasteiger partial charge on any atom is 0.240 e. The number of sulfonamides is 1. The fourth-order valence-electron chi connectivity index (χ4n) is 2.63. The first-order chi connectivity index (χ1) is 11.0. The standard InChI is InChI=1S/C15H18ClN3O3S/c1-11-2-3-13(16)8-15(11)23(20,21)18-5-6-19-14-4-7-22-10-12(14)9-17-19/h2-3,8-9,18H,4-7,10H2,1H3. The number of hydrogen-bond donors (Lipinski definition) is 1. The van der Waals surface area contributed by atoms with Gasteiger partial charge in [-0.05, 0) is 24.6 Å². The molecular weight excluding hydrogens is 338 g/mol. The van der Waals surface area contributed by atoms with Gasteiger partial charge in [-0.25, -0.2) is 13.1 Å². The molecule has 0 bridgehead atoms. The number of nitrogens with zero attached hydrogens (tertiary/aromatic N) is 2. The number of ether oxygens (including phenoxy) is 1. The van der Waals surface area contributed by atoms with Crippen molar-refractivity contribution in [3.8, 4) is 0 Å². The van der Waals surface area contributed by atoms with E-state index in [-0.39, 0.29) is 11.4 Å². The second kappa shape index (κ2) is 6.60. The van der Waals surface area contributed by atoms with Crippen LogP contribution in [0.3, 0.4) is 0 Å². The third-order valence-electron chi connectivity index (χ3n) is 3.83. The SMILES string of the molecule is Cc1ccc(Cl)cc1S(=O)(=O)NCCn1ncc2c1CCOC2. The zero-order valence-electron chi connectivity index (χ0n) is 12.8. The lowest BCUT2D eigenvalue weighted by Crippen LogP contribution is -2.29. The number of halogens is 1. The summed E-state index contributed by atoms with van der Waals surface area (Å²) in [5.74, 6) is 0. The molecule has 3 rings (SSSR count). The van der Waals surface area contributed by atoms with Gasteiger partial charge in [0, 0.05) is 29.2 Å². The van der Waals surface area contributed by atoms with Crippen molar-refractivity contribution in [1.29, 1.82) is 0 Å². The first-order valence-corrected chi connectivity index (χ1v) is 9.20. The maximum absolute atomic E-state index is 12.4. The predicted octanol–water partition coefficient (Wildman–Crippen LogP) is 1.90. The molecule has 0 unspecified atom stereocenters. The summed E-state index contributed by atoms with van der Waals surface area (Å²) in [6, 6.07) is 4.83. The molecule has 0 aliphatic carbocycles. The van der Waals surface area contributed by atoms with Gasteiger partial charge >= 0.3 is 0 Å². The Morgan fingerprint density at radius 1 is 1.43 bits per heavy atom. The Morgan fingerprint density at radius 3 is 3.09 bits per heavy atom. The Morgan fingerprint density at radius 2 is 2.26 bits per heavy atom. The Kier molecular flexibility index (Phi) is 4.72. The molecule has 0 spiro atoms. The number of aromatic nitrogens is 2. The van der Waals surface area contributed by atoms with Crippen molar-refractivity contribution < 1.29 is 13.2 Å². The summed E-state index contributed by atoms with van der Waals surface area (Å²) in [6.45, 7) is 3.74. The van der Waals surface area contributed by atoms with Crippen LogP contribution in [0.25, 0.3) is 0 Å². The third-order valence-corrected chi connectivity index (χ3v) is 5.67. The summed E-state index contributed by atoms with van der Waals surface area (Å²) in [6.07, 6.45) is 2.58. The van der Waals surface area contributed by atoms with Crippen molar-refractivity contribution in [2.75, 3.05) is 13.2 Å². The summed E-state index contributed by atoms with van der Waals surface area (Å²) in [5, 5.41) is 4.70. The van der Waals surface area contributed by atoms with Gasteiger partial charge in [0.05, 0.1) is 30.9 Å². The smallest absolute Gasteiger partial charge is 0.240 e. The molecule has 23 heavy (non-hydrogen) atoms. The van der Waals surface area contributed by atoms with Gasteiger partial charge in [-0.3, -0.25) is 4.68 Å². The van der Waals surface area contributed by atoms with E-state index in [0.29, 0.717) is 30.3 Å². The summed E-state index contributed by atoms with van der Waals surface area (Å²) in [7, 11) is -3.59. The zero-order chi connectivity index (χ0) is 16.4.